The summed E-state index contributed by atoms with van der Waals surface area (Å²) in [6.07, 6.45) is 0.120. The molecule has 114 valence electrons. The van der Waals surface area contributed by atoms with Crippen LogP contribution in [0, 0.1) is 0 Å². The zero-order valence-corrected chi connectivity index (χ0v) is 12.6. The van der Waals surface area contributed by atoms with E-state index in [4.69, 9.17) is 9.47 Å². The van der Waals surface area contributed by atoms with Crippen LogP contribution >= 0.6 is 0 Å². The van der Waals surface area contributed by atoms with Gasteiger partial charge in [-0.2, -0.15) is 0 Å². The molecule has 0 spiro atoms. The predicted octanol–water partition coefficient (Wildman–Crippen LogP) is 1.49. The van der Waals surface area contributed by atoms with Gasteiger partial charge in [-0.1, -0.05) is 13.0 Å². The Morgan fingerprint density at radius 3 is 2.35 bits per heavy atom. The SMILES string of the molecule is CCC(CO)NC(C)C(O)c1ccc(OC)c(OC)c1. The lowest BCUT2D eigenvalue weighted by Gasteiger charge is -2.25. The Hall–Kier alpha value is -1.30. The summed E-state index contributed by atoms with van der Waals surface area (Å²) in [4.78, 5) is 0. The Balaban J connectivity index is 2.83. The maximum absolute atomic E-state index is 10.4. The van der Waals surface area contributed by atoms with Crippen molar-refractivity contribution in [1.82, 2.24) is 5.32 Å². The molecule has 3 atom stereocenters. The zero-order chi connectivity index (χ0) is 15.1. The number of benzene rings is 1. The summed E-state index contributed by atoms with van der Waals surface area (Å²) in [5.74, 6) is 1.22. The monoisotopic (exact) mass is 283 g/mol. The molecule has 0 radical (unpaired) electrons. The van der Waals surface area contributed by atoms with Gasteiger partial charge >= 0.3 is 0 Å². The number of aliphatic hydroxyl groups excluding tert-OH is 2. The van der Waals surface area contributed by atoms with Crippen molar-refractivity contribution in [3.63, 3.8) is 0 Å². The summed E-state index contributed by atoms with van der Waals surface area (Å²) in [6.45, 7) is 3.93. The van der Waals surface area contributed by atoms with Crippen molar-refractivity contribution in [3.05, 3.63) is 23.8 Å². The first-order chi connectivity index (χ1) is 9.57. The number of ether oxygens (including phenoxy) is 2. The Labute approximate surface area is 120 Å². The van der Waals surface area contributed by atoms with Gasteiger partial charge in [0.25, 0.3) is 0 Å². The fourth-order valence-corrected chi connectivity index (χ4v) is 2.09. The Morgan fingerprint density at radius 1 is 1.20 bits per heavy atom. The van der Waals surface area contributed by atoms with Crippen LogP contribution < -0.4 is 14.8 Å². The highest BCUT2D eigenvalue weighted by Crippen LogP contribution is 2.30. The second-order valence-corrected chi connectivity index (χ2v) is 4.80. The van der Waals surface area contributed by atoms with Crippen LogP contribution in [0.2, 0.25) is 0 Å². The van der Waals surface area contributed by atoms with E-state index in [9.17, 15) is 10.2 Å². The van der Waals surface area contributed by atoms with E-state index in [1.54, 1.807) is 26.4 Å². The molecule has 1 rings (SSSR count). The highest BCUT2D eigenvalue weighted by atomic mass is 16.5. The minimum atomic E-state index is -0.685. The van der Waals surface area contributed by atoms with Gasteiger partial charge in [0.1, 0.15) is 0 Å². The lowest BCUT2D eigenvalue weighted by molar-refractivity contribution is 0.118. The number of hydrogen-bond donors (Lipinski definition) is 3. The number of aliphatic hydroxyl groups is 2. The number of methoxy groups -OCH3 is 2. The molecule has 0 heterocycles. The standard InChI is InChI=1S/C15H25NO4/c1-5-12(9-17)16-10(2)15(18)11-6-7-13(19-3)14(8-11)20-4/h6-8,10,12,15-18H,5,9H2,1-4H3. The number of nitrogens with one attached hydrogen (secondary N) is 1. The molecule has 5 heteroatoms. The van der Waals surface area contributed by atoms with E-state index in [-0.39, 0.29) is 18.7 Å². The van der Waals surface area contributed by atoms with Gasteiger partial charge in [-0.15, -0.1) is 0 Å². The summed E-state index contributed by atoms with van der Waals surface area (Å²) >= 11 is 0. The summed E-state index contributed by atoms with van der Waals surface area (Å²) in [5.41, 5.74) is 0.746. The molecule has 1 aromatic carbocycles. The fourth-order valence-electron chi connectivity index (χ4n) is 2.09. The molecule has 0 saturated carbocycles. The molecule has 3 N–H and O–H groups in total. The molecular formula is C15H25NO4. The number of hydrogen-bond acceptors (Lipinski definition) is 5. The molecule has 0 bridgehead atoms. The van der Waals surface area contributed by atoms with E-state index in [1.165, 1.54) is 0 Å². The molecule has 1 aromatic rings. The molecule has 0 saturated heterocycles. The lowest BCUT2D eigenvalue weighted by Crippen LogP contribution is -2.41. The van der Waals surface area contributed by atoms with Gasteiger partial charge in [-0.25, -0.2) is 0 Å². The molecule has 3 unspecified atom stereocenters. The second-order valence-electron chi connectivity index (χ2n) is 4.80. The van der Waals surface area contributed by atoms with Gasteiger partial charge in [0.2, 0.25) is 0 Å². The van der Waals surface area contributed by atoms with Crippen LogP contribution in [-0.2, 0) is 0 Å². The summed E-state index contributed by atoms with van der Waals surface area (Å²) in [7, 11) is 3.14. The van der Waals surface area contributed by atoms with Crippen molar-refractivity contribution in [2.24, 2.45) is 0 Å². The first kappa shape index (κ1) is 16.8. The second kappa shape index (κ2) is 8.09. The average Bonchev–Trinajstić information content (AvgIpc) is 2.50. The molecule has 0 aliphatic rings. The Bertz CT molecular complexity index is 407. The highest BCUT2D eigenvalue weighted by Gasteiger charge is 2.20. The van der Waals surface area contributed by atoms with Gasteiger partial charge in [0.05, 0.1) is 26.9 Å². The van der Waals surface area contributed by atoms with Crippen LogP contribution in [0.1, 0.15) is 31.9 Å². The van der Waals surface area contributed by atoms with E-state index in [2.05, 4.69) is 5.32 Å². The van der Waals surface area contributed by atoms with Gasteiger partial charge in [0.15, 0.2) is 11.5 Å². The first-order valence-electron chi connectivity index (χ1n) is 6.84. The summed E-state index contributed by atoms with van der Waals surface area (Å²) in [6, 6.07) is 5.16. The lowest BCUT2D eigenvalue weighted by atomic mass is 10.0. The van der Waals surface area contributed by atoms with Crippen molar-refractivity contribution < 1.29 is 19.7 Å². The first-order valence-corrected chi connectivity index (χ1v) is 6.84. The fraction of sp³-hybridized carbons (Fsp3) is 0.600. The summed E-state index contributed by atoms with van der Waals surface area (Å²) < 4.78 is 10.4. The van der Waals surface area contributed by atoms with Crippen LogP contribution in [0.15, 0.2) is 18.2 Å². The van der Waals surface area contributed by atoms with Crippen LogP contribution in [-0.4, -0.2) is 43.1 Å². The molecule has 5 nitrogen and oxygen atoms in total. The minimum absolute atomic E-state index is 0.0141. The molecular weight excluding hydrogens is 258 g/mol. The van der Waals surface area contributed by atoms with Crippen molar-refractivity contribution >= 4 is 0 Å². The molecule has 0 amide bonds. The normalized spacial score (nSPS) is 15.5. The van der Waals surface area contributed by atoms with Crippen LogP contribution in [0.4, 0.5) is 0 Å². The van der Waals surface area contributed by atoms with Crippen molar-refractivity contribution in [1.29, 1.82) is 0 Å². The Morgan fingerprint density at radius 2 is 1.85 bits per heavy atom. The largest absolute Gasteiger partial charge is 0.493 e. The van der Waals surface area contributed by atoms with Crippen molar-refractivity contribution in [3.8, 4) is 11.5 Å². The van der Waals surface area contributed by atoms with Crippen LogP contribution in [0.5, 0.6) is 11.5 Å². The van der Waals surface area contributed by atoms with E-state index < -0.39 is 6.10 Å². The Kier molecular flexibility index (Phi) is 6.78. The van der Waals surface area contributed by atoms with Crippen molar-refractivity contribution in [2.45, 2.75) is 38.5 Å². The predicted molar refractivity (Wildman–Crippen MR) is 78.3 cm³/mol. The van der Waals surface area contributed by atoms with Gasteiger partial charge in [-0.05, 0) is 31.0 Å². The molecule has 0 aliphatic heterocycles. The van der Waals surface area contributed by atoms with E-state index in [1.807, 2.05) is 19.9 Å². The molecule has 0 aromatic heterocycles. The molecule has 0 aliphatic carbocycles. The van der Waals surface area contributed by atoms with Gasteiger partial charge < -0.3 is 25.0 Å². The average molecular weight is 283 g/mol. The van der Waals surface area contributed by atoms with Gasteiger partial charge in [-0.3, -0.25) is 0 Å². The summed E-state index contributed by atoms with van der Waals surface area (Å²) in [5, 5.41) is 22.8. The van der Waals surface area contributed by atoms with Crippen LogP contribution in [0.25, 0.3) is 0 Å². The highest BCUT2D eigenvalue weighted by molar-refractivity contribution is 5.43. The third kappa shape index (κ3) is 4.10. The third-order valence-corrected chi connectivity index (χ3v) is 3.43. The minimum Gasteiger partial charge on any atom is -0.493 e. The maximum atomic E-state index is 10.4. The van der Waals surface area contributed by atoms with Crippen molar-refractivity contribution in [2.75, 3.05) is 20.8 Å². The third-order valence-electron chi connectivity index (χ3n) is 3.43. The molecule has 20 heavy (non-hydrogen) atoms. The quantitative estimate of drug-likeness (QED) is 0.674. The maximum Gasteiger partial charge on any atom is 0.161 e. The molecule has 0 fully saturated rings. The van der Waals surface area contributed by atoms with E-state index in [0.29, 0.717) is 11.5 Å². The topological polar surface area (TPSA) is 71.0 Å². The number of rotatable bonds is 8. The van der Waals surface area contributed by atoms with Crippen LogP contribution in [0.3, 0.4) is 0 Å². The van der Waals surface area contributed by atoms with Gasteiger partial charge in [0, 0.05) is 12.1 Å². The smallest absolute Gasteiger partial charge is 0.161 e. The van der Waals surface area contributed by atoms with E-state index >= 15 is 0 Å². The zero-order valence-electron chi connectivity index (χ0n) is 12.6. The van der Waals surface area contributed by atoms with E-state index in [0.717, 1.165) is 12.0 Å².